The monoisotopic (exact) mass is 500 g/mol. The molecule has 0 saturated heterocycles. The van der Waals surface area contributed by atoms with E-state index in [-0.39, 0.29) is 34.2 Å². The second-order valence-electron chi connectivity index (χ2n) is 6.69. The molecule has 0 aliphatic rings. The van der Waals surface area contributed by atoms with Crippen molar-refractivity contribution in [2.24, 2.45) is 0 Å². The van der Waals surface area contributed by atoms with Crippen LogP contribution in [-0.2, 0) is 9.53 Å². The SMILES string of the molecule is CCOC(=O)CSc1nc2cc(Cl)ccc2c(=O)n1-c1cc(OC(C)C)c(Cl)cc1Cl. The highest BCUT2D eigenvalue weighted by molar-refractivity contribution is 7.99. The van der Waals surface area contributed by atoms with E-state index in [1.807, 2.05) is 13.8 Å². The van der Waals surface area contributed by atoms with E-state index in [4.69, 9.17) is 44.3 Å². The van der Waals surface area contributed by atoms with Crippen molar-refractivity contribution in [1.82, 2.24) is 9.55 Å². The van der Waals surface area contributed by atoms with Crippen molar-refractivity contribution in [2.45, 2.75) is 32.0 Å². The third kappa shape index (κ3) is 5.47. The summed E-state index contributed by atoms with van der Waals surface area (Å²) in [7, 11) is 0. The Kier molecular flexibility index (Phi) is 7.75. The zero-order valence-electron chi connectivity index (χ0n) is 16.9. The summed E-state index contributed by atoms with van der Waals surface area (Å²) < 4.78 is 12.1. The van der Waals surface area contributed by atoms with E-state index >= 15 is 0 Å². The molecule has 0 amide bonds. The summed E-state index contributed by atoms with van der Waals surface area (Å²) in [6, 6.07) is 7.89. The van der Waals surface area contributed by atoms with Crippen LogP contribution in [0.25, 0.3) is 16.6 Å². The number of fused-ring (bicyclic) bond motifs is 1. The van der Waals surface area contributed by atoms with Crippen molar-refractivity contribution < 1.29 is 14.3 Å². The molecule has 0 fully saturated rings. The van der Waals surface area contributed by atoms with Crippen molar-refractivity contribution in [2.75, 3.05) is 12.4 Å². The van der Waals surface area contributed by atoms with Gasteiger partial charge in [0, 0.05) is 11.1 Å². The van der Waals surface area contributed by atoms with Gasteiger partial charge in [-0.25, -0.2) is 4.98 Å². The van der Waals surface area contributed by atoms with E-state index in [2.05, 4.69) is 4.98 Å². The van der Waals surface area contributed by atoms with Crippen molar-refractivity contribution in [3.05, 3.63) is 55.8 Å². The van der Waals surface area contributed by atoms with Crippen LogP contribution in [-0.4, -0.2) is 34.0 Å². The van der Waals surface area contributed by atoms with Crippen LogP contribution >= 0.6 is 46.6 Å². The lowest BCUT2D eigenvalue weighted by molar-refractivity contribution is -0.139. The number of hydrogen-bond acceptors (Lipinski definition) is 6. The first kappa shape index (κ1) is 23.7. The van der Waals surface area contributed by atoms with Crippen molar-refractivity contribution in [3.8, 4) is 11.4 Å². The van der Waals surface area contributed by atoms with Gasteiger partial charge in [0.05, 0.1) is 45.1 Å². The molecule has 3 aromatic rings. The number of hydrogen-bond donors (Lipinski definition) is 0. The fraction of sp³-hybridized carbons (Fsp3) is 0.286. The summed E-state index contributed by atoms with van der Waals surface area (Å²) in [6.45, 7) is 5.70. The minimum Gasteiger partial charge on any atom is -0.489 e. The molecule has 0 aliphatic heterocycles. The largest absolute Gasteiger partial charge is 0.489 e. The molecule has 0 aliphatic carbocycles. The van der Waals surface area contributed by atoms with Crippen LogP contribution in [0.2, 0.25) is 15.1 Å². The van der Waals surface area contributed by atoms with E-state index in [0.717, 1.165) is 11.8 Å². The summed E-state index contributed by atoms with van der Waals surface area (Å²) in [5.74, 6) is -0.0848. The molecule has 0 bridgehead atoms. The smallest absolute Gasteiger partial charge is 0.316 e. The van der Waals surface area contributed by atoms with Gasteiger partial charge in [0.25, 0.3) is 5.56 Å². The molecular weight excluding hydrogens is 483 g/mol. The van der Waals surface area contributed by atoms with Crippen LogP contribution in [0.3, 0.4) is 0 Å². The van der Waals surface area contributed by atoms with E-state index in [1.54, 1.807) is 31.2 Å². The Morgan fingerprint density at radius 2 is 1.90 bits per heavy atom. The van der Waals surface area contributed by atoms with Gasteiger partial charge in [-0.1, -0.05) is 46.6 Å². The standard InChI is InChI=1S/C21H19Cl3N2O4S/c1-4-29-19(27)10-31-21-25-16-7-12(22)5-6-13(16)20(28)26(21)17-9-18(30-11(2)3)15(24)8-14(17)23/h5-9,11H,4,10H2,1-3H3. The fourth-order valence-electron chi connectivity index (χ4n) is 2.81. The van der Waals surface area contributed by atoms with Crippen LogP contribution in [0, 0.1) is 0 Å². The summed E-state index contributed by atoms with van der Waals surface area (Å²) in [4.78, 5) is 29.9. The van der Waals surface area contributed by atoms with E-state index in [9.17, 15) is 9.59 Å². The van der Waals surface area contributed by atoms with Crippen LogP contribution < -0.4 is 10.3 Å². The molecule has 0 saturated carbocycles. The van der Waals surface area contributed by atoms with Crippen molar-refractivity contribution in [3.63, 3.8) is 0 Å². The van der Waals surface area contributed by atoms with Crippen LogP contribution in [0.1, 0.15) is 20.8 Å². The molecule has 2 aromatic carbocycles. The Balaban J connectivity index is 2.23. The second kappa shape index (κ2) is 10.1. The maximum atomic E-state index is 13.4. The Labute approximate surface area is 198 Å². The average Bonchev–Trinajstić information content (AvgIpc) is 2.69. The molecule has 1 heterocycles. The molecule has 31 heavy (non-hydrogen) atoms. The van der Waals surface area contributed by atoms with Gasteiger partial charge in [-0.3, -0.25) is 14.2 Å². The van der Waals surface area contributed by atoms with Gasteiger partial charge in [-0.2, -0.15) is 0 Å². The molecule has 1 aromatic heterocycles. The van der Waals surface area contributed by atoms with Gasteiger partial charge < -0.3 is 9.47 Å². The second-order valence-corrected chi connectivity index (χ2v) is 8.88. The Morgan fingerprint density at radius 3 is 2.58 bits per heavy atom. The highest BCUT2D eigenvalue weighted by atomic mass is 35.5. The minimum absolute atomic E-state index is 0.0348. The predicted octanol–water partition coefficient (Wildman–Crippen LogP) is 5.79. The third-order valence-corrected chi connectivity index (χ3v) is 5.78. The van der Waals surface area contributed by atoms with E-state index in [1.165, 1.54) is 10.6 Å². The van der Waals surface area contributed by atoms with Gasteiger partial charge in [0.1, 0.15) is 5.75 Å². The van der Waals surface area contributed by atoms with Crippen LogP contribution in [0.4, 0.5) is 0 Å². The molecule has 0 atom stereocenters. The highest BCUT2D eigenvalue weighted by Gasteiger charge is 2.19. The zero-order chi connectivity index (χ0) is 22.7. The number of rotatable bonds is 7. The number of carbonyl (C=O) groups is 1. The summed E-state index contributed by atoms with van der Waals surface area (Å²) in [6.07, 6.45) is -0.141. The number of esters is 1. The van der Waals surface area contributed by atoms with E-state index < -0.39 is 5.97 Å². The molecular formula is C21H19Cl3N2O4S. The molecule has 3 rings (SSSR count). The lowest BCUT2D eigenvalue weighted by Gasteiger charge is -2.17. The quantitative estimate of drug-likeness (QED) is 0.232. The van der Waals surface area contributed by atoms with Gasteiger partial charge in [-0.05, 0) is 45.0 Å². The first-order valence-corrected chi connectivity index (χ1v) is 11.5. The predicted molar refractivity (Wildman–Crippen MR) is 125 cm³/mol. The fourth-order valence-corrected chi connectivity index (χ4v) is 4.29. The highest BCUT2D eigenvalue weighted by Crippen LogP contribution is 2.35. The third-order valence-electron chi connectivity index (χ3n) is 4.03. The van der Waals surface area contributed by atoms with Crippen molar-refractivity contribution >= 4 is 63.4 Å². The molecule has 164 valence electrons. The first-order chi connectivity index (χ1) is 14.7. The van der Waals surface area contributed by atoms with Crippen molar-refractivity contribution in [1.29, 1.82) is 0 Å². The normalized spacial score (nSPS) is 11.2. The Morgan fingerprint density at radius 1 is 1.16 bits per heavy atom. The Hall–Kier alpha value is -1.93. The lowest BCUT2D eigenvalue weighted by Crippen LogP contribution is -2.23. The number of carbonyl (C=O) groups excluding carboxylic acids is 1. The van der Waals surface area contributed by atoms with Gasteiger partial charge in [0.2, 0.25) is 0 Å². The molecule has 10 heteroatoms. The molecule has 0 radical (unpaired) electrons. The van der Waals surface area contributed by atoms with E-state index in [0.29, 0.717) is 32.4 Å². The van der Waals surface area contributed by atoms with Crippen LogP contribution in [0.15, 0.2) is 40.3 Å². The number of thioether (sulfide) groups is 1. The lowest BCUT2D eigenvalue weighted by atomic mass is 10.2. The van der Waals surface area contributed by atoms with Gasteiger partial charge in [0.15, 0.2) is 5.16 Å². The summed E-state index contributed by atoms with van der Waals surface area (Å²) in [5.41, 5.74) is 0.374. The molecule has 6 nitrogen and oxygen atoms in total. The maximum absolute atomic E-state index is 13.4. The molecule has 0 N–H and O–H groups in total. The van der Waals surface area contributed by atoms with Gasteiger partial charge >= 0.3 is 5.97 Å². The summed E-state index contributed by atoms with van der Waals surface area (Å²) in [5, 5.41) is 1.60. The maximum Gasteiger partial charge on any atom is 0.316 e. The van der Waals surface area contributed by atoms with Crippen LogP contribution in [0.5, 0.6) is 5.75 Å². The number of nitrogens with zero attached hydrogens (tertiary/aromatic N) is 2. The number of benzene rings is 2. The first-order valence-electron chi connectivity index (χ1n) is 9.38. The molecule has 0 spiro atoms. The minimum atomic E-state index is -0.425. The topological polar surface area (TPSA) is 70.4 Å². The average molecular weight is 502 g/mol. The number of ether oxygens (including phenoxy) is 2. The zero-order valence-corrected chi connectivity index (χ0v) is 20.0. The number of halogens is 3. The molecule has 0 unspecified atom stereocenters. The Bertz CT molecular complexity index is 1200. The summed E-state index contributed by atoms with van der Waals surface area (Å²) >= 11 is 19.9. The number of aromatic nitrogens is 2. The van der Waals surface area contributed by atoms with Gasteiger partial charge in [-0.15, -0.1) is 0 Å².